The van der Waals surface area contributed by atoms with Crippen molar-refractivity contribution in [3.8, 4) is 0 Å². The molecule has 10 nitrogen and oxygen atoms in total. The minimum atomic E-state index is -3.85. The van der Waals surface area contributed by atoms with Gasteiger partial charge in [0.15, 0.2) is 0 Å². The normalized spacial score (nSPS) is 10.9. The van der Waals surface area contributed by atoms with E-state index in [-0.39, 0.29) is 16.8 Å². The smallest absolute Gasteiger partial charge is 0.267 e. The summed E-state index contributed by atoms with van der Waals surface area (Å²) in [6.07, 6.45) is 4.83. The Morgan fingerprint density at radius 2 is 1.78 bits per heavy atom. The van der Waals surface area contributed by atoms with Gasteiger partial charge in [-0.15, -0.1) is 5.10 Å². The number of nitrogens with two attached hydrogens (primary N) is 1. The fourth-order valence-electron chi connectivity index (χ4n) is 1.00. The van der Waals surface area contributed by atoms with Crippen molar-refractivity contribution in [3.63, 3.8) is 0 Å². The molecule has 0 saturated carbocycles. The molecule has 2 aromatic heterocycles. The zero-order valence-corrected chi connectivity index (χ0v) is 9.66. The maximum Gasteiger partial charge on any atom is 0.267 e. The van der Waals surface area contributed by atoms with E-state index >= 15 is 0 Å². The molecule has 18 heavy (non-hydrogen) atoms. The van der Waals surface area contributed by atoms with Crippen molar-refractivity contribution in [2.75, 3.05) is 10.1 Å². The van der Waals surface area contributed by atoms with Gasteiger partial charge in [0.1, 0.15) is 4.90 Å². The molecule has 2 rings (SSSR count). The van der Waals surface area contributed by atoms with Gasteiger partial charge in [0, 0.05) is 0 Å². The average molecular weight is 268 g/mol. The van der Waals surface area contributed by atoms with Crippen LogP contribution < -0.4 is 16.0 Å². The molecule has 0 radical (unpaired) electrons. The Kier molecular flexibility index (Phi) is 3.25. The number of sulfonamides is 1. The SMILES string of the molecule is NNc1ncc(S(=O)(=O)Nc2nccnn2)cn1. The third-order valence-electron chi connectivity index (χ3n) is 1.78. The van der Waals surface area contributed by atoms with Gasteiger partial charge < -0.3 is 0 Å². The van der Waals surface area contributed by atoms with Gasteiger partial charge in [-0.1, -0.05) is 0 Å². The zero-order chi connectivity index (χ0) is 13.0. The van der Waals surface area contributed by atoms with Crippen molar-refractivity contribution in [3.05, 3.63) is 24.8 Å². The predicted molar refractivity (Wildman–Crippen MR) is 60.5 cm³/mol. The largest absolute Gasteiger partial charge is 0.292 e. The van der Waals surface area contributed by atoms with E-state index in [9.17, 15) is 8.42 Å². The number of hydrogen-bond donors (Lipinski definition) is 3. The van der Waals surface area contributed by atoms with Gasteiger partial charge in [-0.05, 0) is 0 Å². The van der Waals surface area contributed by atoms with Gasteiger partial charge in [-0.25, -0.2) is 33.9 Å². The van der Waals surface area contributed by atoms with Crippen LogP contribution in [0.25, 0.3) is 0 Å². The molecule has 0 unspecified atom stereocenters. The van der Waals surface area contributed by atoms with Crippen LogP contribution in [0.3, 0.4) is 0 Å². The van der Waals surface area contributed by atoms with Crippen LogP contribution >= 0.6 is 0 Å². The Morgan fingerprint density at radius 1 is 1.06 bits per heavy atom. The molecule has 0 spiro atoms. The van der Waals surface area contributed by atoms with E-state index in [1.807, 2.05) is 0 Å². The molecule has 0 aliphatic heterocycles. The van der Waals surface area contributed by atoms with Crippen LogP contribution in [0.15, 0.2) is 29.7 Å². The Labute approximate surface area is 102 Å². The van der Waals surface area contributed by atoms with E-state index in [1.165, 1.54) is 12.4 Å². The van der Waals surface area contributed by atoms with Gasteiger partial charge in [0.2, 0.25) is 5.95 Å². The topological polar surface area (TPSA) is 149 Å². The van der Waals surface area contributed by atoms with E-state index in [0.717, 1.165) is 12.4 Å². The summed E-state index contributed by atoms with van der Waals surface area (Å²) >= 11 is 0. The zero-order valence-electron chi connectivity index (χ0n) is 8.85. The van der Waals surface area contributed by atoms with Crippen molar-refractivity contribution in [2.45, 2.75) is 4.90 Å². The molecule has 0 saturated heterocycles. The Balaban J connectivity index is 2.25. The monoisotopic (exact) mass is 268 g/mol. The number of nitrogens with zero attached hydrogens (tertiary/aromatic N) is 5. The molecule has 11 heteroatoms. The maximum absolute atomic E-state index is 11.9. The second-order valence-corrected chi connectivity index (χ2v) is 4.64. The van der Waals surface area contributed by atoms with Crippen molar-refractivity contribution >= 4 is 21.9 Å². The molecule has 0 fully saturated rings. The highest BCUT2D eigenvalue weighted by Crippen LogP contribution is 2.10. The Morgan fingerprint density at radius 3 is 2.33 bits per heavy atom. The lowest BCUT2D eigenvalue weighted by atomic mass is 10.7. The maximum atomic E-state index is 11.9. The highest BCUT2D eigenvalue weighted by atomic mass is 32.2. The van der Waals surface area contributed by atoms with E-state index in [1.54, 1.807) is 0 Å². The minimum absolute atomic E-state index is 0.103. The van der Waals surface area contributed by atoms with E-state index in [0.29, 0.717) is 0 Å². The number of rotatable bonds is 4. The second kappa shape index (κ2) is 4.85. The van der Waals surface area contributed by atoms with E-state index < -0.39 is 10.0 Å². The first kappa shape index (κ1) is 12.1. The van der Waals surface area contributed by atoms with Crippen LogP contribution in [0, 0.1) is 0 Å². The fraction of sp³-hybridized carbons (Fsp3) is 0. The number of aromatic nitrogens is 5. The summed E-state index contributed by atoms with van der Waals surface area (Å²) in [5.74, 6) is 5.03. The Bertz CT molecular complexity index is 614. The van der Waals surface area contributed by atoms with Crippen LogP contribution in [0.5, 0.6) is 0 Å². The molecule has 0 aromatic carbocycles. The number of hydrogen-bond acceptors (Lipinski definition) is 9. The summed E-state index contributed by atoms with van der Waals surface area (Å²) in [5, 5.41) is 6.99. The molecule has 0 aliphatic rings. The third kappa shape index (κ3) is 2.64. The molecule has 0 bridgehead atoms. The number of nitrogen functional groups attached to an aromatic ring is 1. The highest BCUT2D eigenvalue weighted by Gasteiger charge is 2.16. The first-order valence-corrected chi connectivity index (χ1v) is 6.05. The van der Waals surface area contributed by atoms with Gasteiger partial charge in [0.05, 0.1) is 24.8 Å². The van der Waals surface area contributed by atoms with E-state index in [2.05, 4.69) is 35.3 Å². The molecule has 2 aromatic rings. The summed E-state index contributed by atoms with van der Waals surface area (Å²) in [4.78, 5) is 10.9. The van der Waals surface area contributed by atoms with Crippen LogP contribution in [-0.2, 0) is 10.0 Å². The van der Waals surface area contributed by atoms with Crippen LogP contribution in [-0.4, -0.2) is 33.6 Å². The summed E-state index contributed by atoms with van der Waals surface area (Å²) in [6.45, 7) is 0. The predicted octanol–water partition coefficient (Wildman–Crippen LogP) is -1.25. The molecule has 0 amide bonds. The van der Waals surface area contributed by atoms with Crippen molar-refractivity contribution in [1.29, 1.82) is 0 Å². The third-order valence-corrected chi connectivity index (χ3v) is 3.06. The van der Waals surface area contributed by atoms with Gasteiger partial charge in [-0.2, -0.15) is 5.10 Å². The van der Waals surface area contributed by atoms with Crippen LogP contribution in [0.2, 0.25) is 0 Å². The molecule has 2 heterocycles. The minimum Gasteiger partial charge on any atom is -0.292 e. The van der Waals surface area contributed by atoms with Gasteiger partial charge in [0.25, 0.3) is 16.0 Å². The summed E-state index contributed by atoms with van der Waals surface area (Å²) in [5.41, 5.74) is 2.18. The fourth-order valence-corrected chi connectivity index (χ4v) is 1.84. The first-order chi connectivity index (χ1) is 8.62. The Hall–Kier alpha value is -2.40. The molecule has 0 atom stereocenters. The second-order valence-electron chi connectivity index (χ2n) is 2.96. The molecular formula is C7H8N8O2S. The molecule has 0 aliphatic carbocycles. The van der Waals surface area contributed by atoms with Crippen molar-refractivity contribution < 1.29 is 8.42 Å². The van der Waals surface area contributed by atoms with Crippen LogP contribution in [0.4, 0.5) is 11.9 Å². The van der Waals surface area contributed by atoms with Crippen LogP contribution in [0.1, 0.15) is 0 Å². The van der Waals surface area contributed by atoms with Gasteiger partial charge >= 0.3 is 0 Å². The molecular weight excluding hydrogens is 260 g/mol. The van der Waals surface area contributed by atoms with E-state index in [4.69, 9.17) is 5.84 Å². The lowest BCUT2D eigenvalue weighted by Crippen LogP contribution is -2.17. The summed E-state index contributed by atoms with van der Waals surface area (Å²) < 4.78 is 25.8. The lowest BCUT2D eigenvalue weighted by molar-refractivity contribution is 0.599. The molecule has 94 valence electrons. The van der Waals surface area contributed by atoms with Crippen molar-refractivity contribution in [2.24, 2.45) is 5.84 Å². The number of hydrazine groups is 1. The van der Waals surface area contributed by atoms with Crippen molar-refractivity contribution in [1.82, 2.24) is 25.1 Å². The number of nitrogens with one attached hydrogen (secondary N) is 2. The lowest BCUT2D eigenvalue weighted by Gasteiger charge is -2.05. The average Bonchev–Trinajstić information content (AvgIpc) is 2.39. The summed E-state index contributed by atoms with van der Waals surface area (Å²) in [6, 6.07) is 0. The molecule has 4 N–H and O–H groups in total. The highest BCUT2D eigenvalue weighted by molar-refractivity contribution is 7.92. The number of anilines is 2. The quantitative estimate of drug-likeness (QED) is 0.456. The standard InChI is InChI=1S/C7H8N8O2S/c8-13-6-10-3-5(4-11-6)18(16,17)15-7-9-1-2-12-14-7/h1-4H,8H2,(H,9,14,15)(H,10,11,13). The first-order valence-electron chi connectivity index (χ1n) is 4.57. The summed E-state index contributed by atoms with van der Waals surface area (Å²) in [7, 11) is -3.85. The van der Waals surface area contributed by atoms with Gasteiger partial charge in [-0.3, -0.25) is 5.43 Å².